The maximum absolute atomic E-state index is 14.0. The fourth-order valence-electron chi connectivity index (χ4n) is 3.91. The standard InChI is InChI=1S/C21H23FN4O/c1-13-7-9-14(10-8-13)15-11-26(12-18(15)25(2)3)21-23-17-6-4-5-16(22)19(17)20(27)24-21/h4-10,15,18H,11-12H2,1-3H3,(H,23,24,27). The Kier molecular flexibility index (Phi) is 4.44. The number of H-pyrrole nitrogens is 1. The van der Waals surface area contributed by atoms with Crippen molar-refractivity contribution in [3.8, 4) is 0 Å². The summed E-state index contributed by atoms with van der Waals surface area (Å²) in [4.78, 5) is 24.0. The minimum Gasteiger partial charge on any atom is -0.340 e. The third-order valence-corrected chi connectivity index (χ3v) is 5.43. The minimum absolute atomic E-state index is 0.0136. The van der Waals surface area contributed by atoms with Crippen LogP contribution in [0.1, 0.15) is 17.0 Å². The van der Waals surface area contributed by atoms with Crippen LogP contribution in [0.25, 0.3) is 10.9 Å². The number of nitrogens with zero attached hydrogens (tertiary/aromatic N) is 3. The highest BCUT2D eigenvalue weighted by Crippen LogP contribution is 2.32. The topological polar surface area (TPSA) is 52.2 Å². The van der Waals surface area contributed by atoms with Crippen molar-refractivity contribution >= 4 is 16.9 Å². The van der Waals surface area contributed by atoms with Crippen molar-refractivity contribution in [2.24, 2.45) is 0 Å². The number of nitrogens with one attached hydrogen (secondary N) is 1. The average Bonchev–Trinajstić information content (AvgIpc) is 3.08. The second-order valence-corrected chi connectivity index (χ2v) is 7.48. The van der Waals surface area contributed by atoms with Gasteiger partial charge in [0.1, 0.15) is 11.2 Å². The number of aromatic amines is 1. The Balaban J connectivity index is 1.72. The molecule has 6 heteroatoms. The molecule has 4 rings (SSSR count). The molecular weight excluding hydrogens is 343 g/mol. The fraction of sp³-hybridized carbons (Fsp3) is 0.333. The first-order valence-electron chi connectivity index (χ1n) is 9.10. The zero-order valence-corrected chi connectivity index (χ0v) is 15.7. The van der Waals surface area contributed by atoms with Crippen LogP contribution < -0.4 is 10.5 Å². The van der Waals surface area contributed by atoms with Gasteiger partial charge < -0.3 is 9.80 Å². The number of anilines is 1. The first kappa shape index (κ1) is 17.7. The van der Waals surface area contributed by atoms with Crippen LogP contribution in [0.5, 0.6) is 0 Å². The second-order valence-electron chi connectivity index (χ2n) is 7.48. The molecule has 2 heterocycles. The molecule has 5 nitrogen and oxygen atoms in total. The summed E-state index contributed by atoms with van der Waals surface area (Å²) in [5, 5.41) is 0.0136. The highest BCUT2D eigenvalue weighted by molar-refractivity contribution is 5.79. The van der Waals surface area contributed by atoms with Gasteiger partial charge in [-0.05, 0) is 38.7 Å². The van der Waals surface area contributed by atoms with Gasteiger partial charge in [-0.3, -0.25) is 9.78 Å². The van der Waals surface area contributed by atoms with Crippen molar-refractivity contribution in [1.29, 1.82) is 0 Å². The van der Waals surface area contributed by atoms with E-state index in [9.17, 15) is 9.18 Å². The van der Waals surface area contributed by atoms with Crippen molar-refractivity contribution in [2.45, 2.75) is 18.9 Å². The summed E-state index contributed by atoms with van der Waals surface area (Å²) >= 11 is 0. The SMILES string of the molecule is Cc1ccc(C2CN(c3nc4cccc(F)c4c(=O)[nH]3)CC2N(C)C)cc1. The zero-order valence-electron chi connectivity index (χ0n) is 15.7. The molecule has 1 fully saturated rings. The van der Waals surface area contributed by atoms with Crippen molar-refractivity contribution in [3.05, 3.63) is 69.8 Å². The molecule has 140 valence electrons. The van der Waals surface area contributed by atoms with Crippen LogP contribution in [0.3, 0.4) is 0 Å². The molecule has 1 N–H and O–H groups in total. The van der Waals surface area contributed by atoms with Gasteiger partial charge in [0.05, 0.1) is 5.52 Å². The summed E-state index contributed by atoms with van der Waals surface area (Å²) < 4.78 is 14.0. The van der Waals surface area contributed by atoms with Crippen LogP contribution in [0.2, 0.25) is 0 Å². The van der Waals surface area contributed by atoms with E-state index < -0.39 is 11.4 Å². The Morgan fingerprint density at radius 2 is 1.89 bits per heavy atom. The van der Waals surface area contributed by atoms with E-state index in [0.29, 0.717) is 23.4 Å². The number of hydrogen-bond donors (Lipinski definition) is 1. The number of aryl methyl sites for hydroxylation is 1. The Morgan fingerprint density at radius 1 is 1.15 bits per heavy atom. The smallest absolute Gasteiger partial charge is 0.263 e. The Labute approximate surface area is 157 Å². The van der Waals surface area contributed by atoms with Gasteiger partial charge >= 0.3 is 0 Å². The Bertz CT molecular complexity index is 1030. The lowest BCUT2D eigenvalue weighted by molar-refractivity contribution is 0.292. The van der Waals surface area contributed by atoms with E-state index in [1.807, 2.05) is 0 Å². The molecule has 3 aromatic rings. The van der Waals surface area contributed by atoms with Gasteiger partial charge in [0.2, 0.25) is 5.95 Å². The normalized spacial score (nSPS) is 20.0. The highest BCUT2D eigenvalue weighted by Gasteiger charge is 2.36. The molecule has 0 saturated carbocycles. The van der Waals surface area contributed by atoms with E-state index in [1.54, 1.807) is 12.1 Å². The van der Waals surface area contributed by atoms with E-state index in [2.05, 4.69) is 65.1 Å². The highest BCUT2D eigenvalue weighted by atomic mass is 19.1. The molecule has 2 aromatic carbocycles. The number of likely N-dealkylation sites (N-methyl/N-ethyl adjacent to an activating group) is 1. The number of benzene rings is 2. The van der Waals surface area contributed by atoms with E-state index >= 15 is 0 Å². The number of hydrogen-bond acceptors (Lipinski definition) is 4. The quantitative estimate of drug-likeness (QED) is 0.774. The van der Waals surface area contributed by atoms with Crippen LogP contribution in [0.4, 0.5) is 10.3 Å². The summed E-state index contributed by atoms with van der Waals surface area (Å²) in [5.41, 5.74) is 2.45. The monoisotopic (exact) mass is 366 g/mol. The third kappa shape index (κ3) is 3.21. The molecule has 0 aliphatic carbocycles. The molecule has 2 atom stereocenters. The van der Waals surface area contributed by atoms with Crippen molar-refractivity contribution in [1.82, 2.24) is 14.9 Å². The number of halogens is 1. The van der Waals surface area contributed by atoms with Gasteiger partial charge in [-0.1, -0.05) is 35.9 Å². The summed E-state index contributed by atoms with van der Waals surface area (Å²) in [6, 6.07) is 13.4. The average molecular weight is 366 g/mol. The largest absolute Gasteiger partial charge is 0.340 e. The van der Waals surface area contributed by atoms with Crippen LogP contribution >= 0.6 is 0 Å². The molecule has 1 saturated heterocycles. The van der Waals surface area contributed by atoms with Crippen molar-refractivity contribution < 1.29 is 4.39 Å². The van der Waals surface area contributed by atoms with Gasteiger partial charge in [-0.2, -0.15) is 0 Å². The number of rotatable bonds is 3. The lowest BCUT2D eigenvalue weighted by Gasteiger charge is -2.25. The van der Waals surface area contributed by atoms with Crippen LogP contribution in [0, 0.1) is 12.7 Å². The van der Waals surface area contributed by atoms with Crippen LogP contribution in [0.15, 0.2) is 47.3 Å². The molecule has 27 heavy (non-hydrogen) atoms. The Hall–Kier alpha value is -2.73. The Morgan fingerprint density at radius 3 is 2.59 bits per heavy atom. The lowest BCUT2D eigenvalue weighted by atomic mass is 9.93. The first-order chi connectivity index (χ1) is 12.9. The molecule has 1 aliphatic rings. The summed E-state index contributed by atoms with van der Waals surface area (Å²) in [6.45, 7) is 3.57. The second kappa shape index (κ2) is 6.78. The van der Waals surface area contributed by atoms with E-state index in [4.69, 9.17) is 0 Å². The van der Waals surface area contributed by atoms with Crippen LogP contribution in [-0.2, 0) is 0 Å². The molecule has 2 unspecified atom stereocenters. The molecule has 0 spiro atoms. The van der Waals surface area contributed by atoms with Crippen molar-refractivity contribution in [3.63, 3.8) is 0 Å². The molecule has 0 bridgehead atoms. The zero-order chi connectivity index (χ0) is 19.1. The summed E-state index contributed by atoms with van der Waals surface area (Å²) in [5.74, 6) is 0.256. The number of fused-ring (bicyclic) bond motifs is 1. The van der Waals surface area contributed by atoms with Crippen molar-refractivity contribution in [2.75, 3.05) is 32.1 Å². The molecule has 0 radical (unpaired) electrons. The maximum atomic E-state index is 14.0. The van der Waals surface area contributed by atoms with Crippen LogP contribution in [-0.4, -0.2) is 48.1 Å². The third-order valence-electron chi connectivity index (χ3n) is 5.43. The lowest BCUT2D eigenvalue weighted by Crippen LogP contribution is -2.35. The first-order valence-corrected chi connectivity index (χ1v) is 9.10. The van der Waals surface area contributed by atoms with Gasteiger partial charge in [0.25, 0.3) is 5.56 Å². The number of aromatic nitrogens is 2. The predicted octanol–water partition coefficient (Wildman–Crippen LogP) is 2.90. The summed E-state index contributed by atoms with van der Waals surface area (Å²) in [6.07, 6.45) is 0. The van der Waals surface area contributed by atoms with E-state index in [1.165, 1.54) is 17.2 Å². The van der Waals surface area contributed by atoms with Gasteiger partial charge in [0.15, 0.2) is 0 Å². The van der Waals surface area contributed by atoms with E-state index in [0.717, 1.165) is 13.1 Å². The maximum Gasteiger partial charge on any atom is 0.263 e. The summed E-state index contributed by atoms with van der Waals surface area (Å²) in [7, 11) is 4.14. The van der Waals surface area contributed by atoms with E-state index in [-0.39, 0.29) is 5.39 Å². The fourth-order valence-corrected chi connectivity index (χ4v) is 3.91. The van der Waals surface area contributed by atoms with Gasteiger partial charge in [0, 0.05) is 25.0 Å². The van der Waals surface area contributed by atoms with Gasteiger partial charge in [-0.25, -0.2) is 9.37 Å². The molecule has 0 amide bonds. The molecule has 1 aliphatic heterocycles. The molecular formula is C21H23FN4O. The minimum atomic E-state index is -0.544. The van der Waals surface area contributed by atoms with Gasteiger partial charge in [-0.15, -0.1) is 0 Å². The predicted molar refractivity (Wildman–Crippen MR) is 106 cm³/mol. The molecule has 1 aromatic heterocycles.